The highest BCUT2D eigenvalue weighted by atomic mass is 16.3. The van der Waals surface area contributed by atoms with Gasteiger partial charge in [0.2, 0.25) is 5.91 Å². The molecule has 1 fully saturated rings. The van der Waals surface area contributed by atoms with E-state index in [2.05, 4.69) is 30.0 Å². The maximum Gasteiger partial charge on any atom is 0.219 e. The number of hydrogen-bond acceptors (Lipinski definition) is 3. The van der Waals surface area contributed by atoms with Crippen molar-refractivity contribution >= 4 is 11.6 Å². The van der Waals surface area contributed by atoms with E-state index < -0.39 is 0 Å². The van der Waals surface area contributed by atoms with E-state index in [4.69, 9.17) is 4.42 Å². The van der Waals surface area contributed by atoms with Gasteiger partial charge < -0.3 is 14.2 Å². The quantitative estimate of drug-likeness (QED) is 0.851. The molecule has 0 aliphatic carbocycles. The summed E-state index contributed by atoms with van der Waals surface area (Å²) in [5.74, 6) is 1.06. The summed E-state index contributed by atoms with van der Waals surface area (Å²) < 4.78 is 5.44. The van der Waals surface area contributed by atoms with Crippen molar-refractivity contribution in [1.29, 1.82) is 0 Å². The molecule has 1 aliphatic heterocycles. The van der Waals surface area contributed by atoms with Crippen LogP contribution < -0.4 is 4.90 Å². The molecule has 0 N–H and O–H groups in total. The van der Waals surface area contributed by atoms with Crippen LogP contribution in [0.15, 0.2) is 41.0 Å². The second-order valence-electron chi connectivity index (χ2n) is 5.47. The fourth-order valence-electron chi connectivity index (χ4n) is 2.87. The molecule has 110 valence electrons. The third-order valence-electron chi connectivity index (χ3n) is 4.07. The third-order valence-corrected chi connectivity index (χ3v) is 4.07. The van der Waals surface area contributed by atoms with E-state index in [9.17, 15) is 4.79 Å². The Balaban J connectivity index is 1.76. The lowest BCUT2D eigenvalue weighted by molar-refractivity contribution is -0.129. The van der Waals surface area contributed by atoms with E-state index in [0.717, 1.165) is 37.5 Å². The van der Waals surface area contributed by atoms with Gasteiger partial charge in [-0.05, 0) is 42.8 Å². The van der Waals surface area contributed by atoms with Gasteiger partial charge in [0.25, 0.3) is 0 Å². The van der Waals surface area contributed by atoms with E-state index in [-0.39, 0.29) is 5.91 Å². The summed E-state index contributed by atoms with van der Waals surface area (Å²) in [6.45, 7) is 7.14. The normalized spacial score (nSPS) is 15.3. The summed E-state index contributed by atoms with van der Waals surface area (Å²) in [7, 11) is 0. The summed E-state index contributed by atoms with van der Waals surface area (Å²) in [4.78, 5) is 15.6. The number of carbonyl (C=O) groups excluding carboxylic acids is 1. The van der Waals surface area contributed by atoms with Crippen molar-refractivity contribution in [1.82, 2.24) is 4.90 Å². The molecular formula is C17H20N2O2. The second-order valence-corrected chi connectivity index (χ2v) is 5.47. The smallest absolute Gasteiger partial charge is 0.219 e. The van der Waals surface area contributed by atoms with E-state index in [1.54, 1.807) is 13.2 Å². The Morgan fingerprint density at radius 3 is 2.48 bits per heavy atom. The standard InChI is InChI=1S/C17H20N2O2/c1-13-12-15(17-4-3-11-21-17)5-6-16(13)19-9-7-18(8-10-19)14(2)20/h3-6,11-12H,7-10H2,1-2H3. The molecule has 0 spiro atoms. The van der Waals surface area contributed by atoms with Gasteiger partial charge >= 0.3 is 0 Å². The maximum atomic E-state index is 11.4. The van der Waals surface area contributed by atoms with Crippen LogP contribution in [-0.2, 0) is 4.79 Å². The first-order valence-electron chi connectivity index (χ1n) is 7.30. The van der Waals surface area contributed by atoms with Gasteiger partial charge in [0.1, 0.15) is 5.76 Å². The van der Waals surface area contributed by atoms with Crippen LogP contribution in [0.4, 0.5) is 5.69 Å². The van der Waals surface area contributed by atoms with E-state index in [1.165, 1.54) is 11.3 Å². The molecule has 0 saturated carbocycles. The van der Waals surface area contributed by atoms with E-state index in [1.807, 2.05) is 17.0 Å². The van der Waals surface area contributed by atoms with Gasteiger partial charge in [0.15, 0.2) is 0 Å². The summed E-state index contributed by atoms with van der Waals surface area (Å²) in [6.07, 6.45) is 1.69. The SMILES string of the molecule is CC(=O)N1CCN(c2ccc(-c3ccco3)cc2C)CC1. The molecule has 0 radical (unpaired) electrons. The summed E-state index contributed by atoms with van der Waals surface area (Å²) >= 11 is 0. The molecule has 2 heterocycles. The van der Waals surface area contributed by atoms with Gasteiger partial charge in [-0.25, -0.2) is 0 Å². The Morgan fingerprint density at radius 2 is 1.90 bits per heavy atom. The molecular weight excluding hydrogens is 264 g/mol. The van der Waals surface area contributed by atoms with Crippen LogP contribution in [-0.4, -0.2) is 37.0 Å². The van der Waals surface area contributed by atoms with E-state index in [0.29, 0.717) is 0 Å². The number of furan rings is 1. The molecule has 21 heavy (non-hydrogen) atoms. The van der Waals surface area contributed by atoms with Gasteiger partial charge in [-0.1, -0.05) is 0 Å². The number of anilines is 1. The van der Waals surface area contributed by atoms with Crippen LogP contribution in [0, 0.1) is 6.92 Å². The van der Waals surface area contributed by atoms with Crippen molar-refractivity contribution in [3.8, 4) is 11.3 Å². The molecule has 1 amide bonds. The molecule has 0 bridgehead atoms. The minimum absolute atomic E-state index is 0.166. The molecule has 4 heteroatoms. The zero-order chi connectivity index (χ0) is 14.8. The second kappa shape index (κ2) is 5.64. The fourth-order valence-corrected chi connectivity index (χ4v) is 2.87. The highest BCUT2D eigenvalue weighted by molar-refractivity contribution is 5.73. The van der Waals surface area contributed by atoms with Gasteiger partial charge in [0, 0.05) is 44.4 Å². The monoisotopic (exact) mass is 284 g/mol. The van der Waals surface area contributed by atoms with Crippen LogP contribution in [0.5, 0.6) is 0 Å². The van der Waals surface area contributed by atoms with Crippen LogP contribution in [0.3, 0.4) is 0 Å². The van der Waals surface area contributed by atoms with Crippen molar-refractivity contribution in [3.05, 3.63) is 42.2 Å². The summed E-state index contributed by atoms with van der Waals surface area (Å²) in [6, 6.07) is 10.3. The number of nitrogens with zero attached hydrogens (tertiary/aromatic N) is 2. The Hall–Kier alpha value is -2.23. The average Bonchev–Trinajstić information content (AvgIpc) is 3.01. The molecule has 0 atom stereocenters. The summed E-state index contributed by atoms with van der Waals surface area (Å²) in [5.41, 5.74) is 3.58. The van der Waals surface area contributed by atoms with Crippen molar-refractivity contribution in [2.75, 3.05) is 31.1 Å². The third kappa shape index (κ3) is 2.79. The predicted molar refractivity (Wildman–Crippen MR) is 83.3 cm³/mol. The zero-order valence-corrected chi connectivity index (χ0v) is 12.5. The molecule has 1 saturated heterocycles. The molecule has 0 unspecified atom stereocenters. The highest BCUT2D eigenvalue weighted by Gasteiger charge is 2.20. The maximum absolute atomic E-state index is 11.4. The number of hydrogen-bond donors (Lipinski definition) is 0. The zero-order valence-electron chi connectivity index (χ0n) is 12.5. The van der Waals surface area contributed by atoms with Gasteiger partial charge in [-0.15, -0.1) is 0 Å². The van der Waals surface area contributed by atoms with Crippen LogP contribution in [0.2, 0.25) is 0 Å². The van der Waals surface area contributed by atoms with Crippen LogP contribution in [0.25, 0.3) is 11.3 Å². The molecule has 2 aromatic rings. The van der Waals surface area contributed by atoms with E-state index >= 15 is 0 Å². The highest BCUT2D eigenvalue weighted by Crippen LogP contribution is 2.28. The molecule has 1 aliphatic rings. The molecule has 4 nitrogen and oxygen atoms in total. The Kier molecular flexibility index (Phi) is 3.69. The lowest BCUT2D eigenvalue weighted by atomic mass is 10.1. The van der Waals surface area contributed by atoms with Crippen molar-refractivity contribution in [3.63, 3.8) is 0 Å². The first kappa shape index (κ1) is 13.7. The number of carbonyl (C=O) groups is 1. The Labute approximate surface area is 125 Å². The number of piperazine rings is 1. The Morgan fingerprint density at radius 1 is 1.14 bits per heavy atom. The number of amides is 1. The Bertz CT molecular complexity index is 626. The number of aryl methyl sites for hydroxylation is 1. The summed E-state index contributed by atoms with van der Waals surface area (Å²) in [5, 5.41) is 0. The predicted octanol–water partition coefficient (Wildman–Crippen LogP) is 2.92. The van der Waals surface area contributed by atoms with Crippen LogP contribution in [0.1, 0.15) is 12.5 Å². The van der Waals surface area contributed by atoms with Gasteiger partial charge in [-0.2, -0.15) is 0 Å². The lowest BCUT2D eigenvalue weighted by Gasteiger charge is -2.36. The molecule has 1 aromatic carbocycles. The first-order valence-corrected chi connectivity index (χ1v) is 7.30. The van der Waals surface area contributed by atoms with Crippen molar-refractivity contribution in [2.24, 2.45) is 0 Å². The fraction of sp³-hybridized carbons (Fsp3) is 0.353. The number of rotatable bonds is 2. The number of benzene rings is 1. The molecule has 3 rings (SSSR count). The largest absolute Gasteiger partial charge is 0.464 e. The van der Waals surface area contributed by atoms with Gasteiger partial charge in [0.05, 0.1) is 6.26 Å². The molecule has 1 aromatic heterocycles. The van der Waals surface area contributed by atoms with Crippen LogP contribution >= 0.6 is 0 Å². The topological polar surface area (TPSA) is 36.7 Å². The van der Waals surface area contributed by atoms with Crippen molar-refractivity contribution in [2.45, 2.75) is 13.8 Å². The first-order chi connectivity index (χ1) is 10.1. The lowest BCUT2D eigenvalue weighted by Crippen LogP contribution is -2.48. The average molecular weight is 284 g/mol. The minimum Gasteiger partial charge on any atom is -0.464 e. The van der Waals surface area contributed by atoms with Crippen molar-refractivity contribution < 1.29 is 9.21 Å². The minimum atomic E-state index is 0.166. The van der Waals surface area contributed by atoms with Gasteiger partial charge in [-0.3, -0.25) is 4.79 Å².